The zero-order chi connectivity index (χ0) is 11.8. The lowest BCUT2D eigenvalue weighted by Gasteiger charge is -2.18. The molecule has 0 aliphatic rings. The van der Waals surface area contributed by atoms with Gasteiger partial charge in [0.1, 0.15) is 5.97 Å². The van der Waals surface area contributed by atoms with Gasteiger partial charge in [0.2, 0.25) is 0 Å². The molecule has 82 valence electrons. The van der Waals surface area contributed by atoms with E-state index in [1.165, 1.54) is 0 Å². The molecule has 2 nitrogen and oxygen atoms in total. The molecular formula is C8H2F5O2-. The molecule has 0 radical (unpaired) electrons. The first kappa shape index (κ1) is 11.4. The van der Waals surface area contributed by atoms with E-state index in [4.69, 9.17) is 0 Å². The fraction of sp³-hybridized carbons (Fsp3) is 0.125. The number of carboxylic acids is 1. The van der Waals surface area contributed by atoms with E-state index in [0.717, 1.165) is 0 Å². The van der Waals surface area contributed by atoms with Crippen LogP contribution in [0.15, 0.2) is 12.1 Å². The molecule has 0 saturated carbocycles. The fourth-order valence-electron chi connectivity index (χ4n) is 0.878. The highest BCUT2D eigenvalue weighted by Crippen LogP contribution is 2.31. The summed E-state index contributed by atoms with van der Waals surface area (Å²) in [4.78, 5) is 9.93. The summed E-state index contributed by atoms with van der Waals surface area (Å²) >= 11 is 0. The molecule has 0 N–H and O–H groups in total. The number of aliphatic carboxylic acids is 1. The maximum atomic E-state index is 12.7. The first-order valence-electron chi connectivity index (χ1n) is 3.51. The first-order valence-corrected chi connectivity index (χ1v) is 3.51. The average Bonchev–Trinajstić information content (AvgIpc) is 2.13. The number of halogens is 5. The molecule has 0 unspecified atom stereocenters. The van der Waals surface area contributed by atoms with Gasteiger partial charge in [0, 0.05) is 0 Å². The zero-order valence-electron chi connectivity index (χ0n) is 6.86. The number of carbonyl (C=O) groups is 1. The van der Waals surface area contributed by atoms with Crippen molar-refractivity contribution < 1.29 is 31.9 Å². The lowest BCUT2D eigenvalue weighted by molar-refractivity contribution is -0.331. The van der Waals surface area contributed by atoms with Crippen LogP contribution in [0.4, 0.5) is 22.0 Å². The van der Waals surface area contributed by atoms with Gasteiger partial charge in [-0.2, -0.15) is 8.78 Å². The van der Waals surface area contributed by atoms with Crippen LogP contribution in [-0.4, -0.2) is 5.97 Å². The minimum Gasteiger partial charge on any atom is -0.544 e. The molecule has 0 amide bonds. The molecule has 0 fully saturated rings. The van der Waals surface area contributed by atoms with Crippen molar-refractivity contribution in [3.05, 3.63) is 35.1 Å². The van der Waals surface area contributed by atoms with Crippen molar-refractivity contribution in [1.82, 2.24) is 0 Å². The van der Waals surface area contributed by atoms with Crippen molar-refractivity contribution in [2.45, 2.75) is 5.92 Å². The summed E-state index contributed by atoms with van der Waals surface area (Å²) in [6, 6.07) is 0.341. The van der Waals surface area contributed by atoms with E-state index < -0.39 is 34.9 Å². The lowest BCUT2D eigenvalue weighted by atomic mass is 10.1. The van der Waals surface area contributed by atoms with Crippen LogP contribution in [0, 0.1) is 17.5 Å². The van der Waals surface area contributed by atoms with Crippen LogP contribution < -0.4 is 5.11 Å². The number of alkyl halides is 2. The Morgan fingerprint density at radius 3 is 2.13 bits per heavy atom. The molecule has 0 atom stereocenters. The number of carbonyl (C=O) groups excluding carboxylic acids is 1. The van der Waals surface area contributed by atoms with Gasteiger partial charge in [-0.25, -0.2) is 13.2 Å². The Bertz CT molecular complexity index is 416. The predicted octanol–water partition coefficient (Wildman–Crippen LogP) is 0.946. The second-order valence-electron chi connectivity index (χ2n) is 2.58. The minimum atomic E-state index is -4.71. The van der Waals surface area contributed by atoms with Crippen LogP contribution in [0.25, 0.3) is 0 Å². The zero-order valence-corrected chi connectivity index (χ0v) is 6.86. The smallest absolute Gasteiger partial charge is 0.315 e. The molecular weight excluding hydrogens is 223 g/mol. The molecule has 0 aromatic heterocycles. The topological polar surface area (TPSA) is 40.1 Å². The lowest BCUT2D eigenvalue weighted by Crippen LogP contribution is -2.40. The highest BCUT2D eigenvalue weighted by atomic mass is 19.3. The normalized spacial score (nSPS) is 11.5. The number of hydrogen-bond acceptors (Lipinski definition) is 2. The monoisotopic (exact) mass is 225 g/mol. The average molecular weight is 225 g/mol. The summed E-state index contributed by atoms with van der Waals surface area (Å²) in [7, 11) is 0. The van der Waals surface area contributed by atoms with Crippen molar-refractivity contribution in [2.24, 2.45) is 0 Å². The molecule has 1 rings (SSSR count). The van der Waals surface area contributed by atoms with E-state index in [1.807, 2.05) is 0 Å². The van der Waals surface area contributed by atoms with Crippen molar-refractivity contribution in [3.8, 4) is 0 Å². The second kappa shape index (κ2) is 3.48. The van der Waals surface area contributed by atoms with Crippen molar-refractivity contribution in [3.63, 3.8) is 0 Å². The van der Waals surface area contributed by atoms with E-state index in [9.17, 15) is 31.9 Å². The van der Waals surface area contributed by atoms with Crippen molar-refractivity contribution in [1.29, 1.82) is 0 Å². The van der Waals surface area contributed by atoms with E-state index in [2.05, 4.69) is 0 Å². The molecule has 15 heavy (non-hydrogen) atoms. The molecule has 7 heteroatoms. The van der Waals surface area contributed by atoms with Gasteiger partial charge in [-0.05, 0) is 12.1 Å². The standard InChI is InChI=1S/C8H3F5O2/c9-4-2-1-3(5(10)6(4)11)8(12,13)7(14)15/h1-2H,(H,14,15)/p-1. The van der Waals surface area contributed by atoms with Gasteiger partial charge >= 0.3 is 5.92 Å². The molecule has 0 aliphatic carbocycles. The fourth-order valence-corrected chi connectivity index (χ4v) is 0.878. The summed E-state index contributed by atoms with van der Waals surface area (Å²) in [5, 5.41) is 9.93. The first-order chi connectivity index (χ1) is 6.78. The summed E-state index contributed by atoms with van der Waals surface area (Å²) in [6.07, 6.45) is 0. The third-order valence-electron chi connectivity index (χ3n) is 1.63. The predicted molar refractivity (Wildman–Crippen MR) is 35.2 cm³/mol. The Labute approximate surface area is 79.9 Å². The Kier molecular flexibility index (Phi) is 2.65. The molecule has 0 bridgehead atoms. The largest absolute Gasteiger partial charge is 0.544 e. The number of hydrogen-bond donors (Lipinski definition) is 0. The van der Waals surface area contributed by atoms with Gasteiger partial charge in [-0.15, -0.1) is 0 Å². The van der Waals surface area contributed by atoms with Crippen molar-refractivity contribution in [2.75, 3.05) is 0 Å². The van der Waals surface area contributed by atoms with Gasteiger partial charge in [0.05, 0.1) is 5.56 Å². The Morgan fingerprint density at radius 2 is 1.67 bits per heavy atom. The molecule has 0 saturated heterocycles. The molecule has 1 aromatic rings. The SMILES string of the molecule is O=C([O-])C(F)(F)c1ccc(F)c(F)c1F. The summed E-state index contributed by atoms with van der Waals surface area (Å²) in [6.45, 7) is 0. The number of rotatable bonds is 2. The van der Waals surface area contributed by atoms with E-state index >= 15 is 0 Å². The summed E-state index contributed by atoms with van der Waals surface area (Å²) in [5.41, 5.74) is -1.78. The van der Waals surface area contributed by atoms with Gasteiger partial charge in [-0.3, -0.25) is 0 Å². The summed E-state index contributed by atoms with van der Waals surface area (Å²) < 4.78 is 62.9. The van der Waals surface area contributed by atoms with Gasteiger partial charge in [0.15, 0.2) is 17.5 Å². The molecule has 0 aliphatic heterocycles. The number of benzene rings is 1. The van der Waals surface area contributed by atoms with Crippen LogP contribution in [-0.2, 0) is 10.7 Å². The van der Waals surface area contributed by atoms with Crippen LogP contribution >= 0.6 is 0 Å². The van der Waals surface area contributed by atoms with Crippen LogP contribution in [0.1, 0.15) is 5.56 Å². The highest BCUT2D eigenvalue weighted by molar-refractivity contribution is 5.75. The van der Waals surface area contributed by atoms with E-state index in [0.29, 0.717) is 0 Å². The van der Waals surface area contributed by atoms with E-state index in [-0.39, 0.29) is 12.1 Å². The Hall–Kier alpha value is -1.66. The second-order valence-corrected chi connectivity index (χ2v) is 2.58. The van der Waals surface area contributed by atoms with Crippen LogP contribution in [0.2, 0.25) is 0 Å². The molecule has 0 spiro atoms. The minimum absolute atomic E-state index is 0.142. The van der Waals surface area contributed by atoms with Crippen LogP contribution in [0.5, 0.6) is 0 Å². The quantitative estimate of drug-likeness (QED) is 0.555. The maximum Gasteiger partial charge on any atom is 0.315 e. The third-order valence-corrected chi connectivity index (χ3v) is 1.63. The summed E-state index contributed by atoms with van der Waals surface area (Å²) in [5.74, 6) is -13.7. The van der Waals surface area contributed by atoms with Gasteiger partial charge < -0.3 is 9.90 Å². The molecule has 1 aromatic carbocycles. The number of carboxylic acid groups (broad SMARTS) is 1. The van der Waals surface area contributed by atoms with Crippen LogP contribution in [0.3, 0.4) is 0 Å². The van der Waals surface area contributed by atoms with Gasteiger partial charge in [0.25, 0.3) is 0 Å². The third kappa shape index (κ3) is 1.77. The Balaban J connectivity index is 3.40. The molecule has 0 heterocycles. The van der Waals surface area contributed by atoms with Crippen molar-refractivity contribution >= 4 is 5.97 Å². The maximum absolute atomic E-state index is 12.7. The van der Waals surface area contributed by atoms with Gasteiger partial charge in [-0.1, -0.05) is 0 Å². The van der Waals surface area contributed by atoms with E-state index in [1.54, 1.807) is 0 Å². The highest BCUT2D eigenvalue weighted by Gasteiger charge is 2.38. The Morgan fingerprint density at radius 1 is 1.13 bits per heavy atom.